The monoisotopic (exact) mass is 304 g/mol. The van der Waals surface area contributed by atoms with Crippen LogP contribution in [0.4, 0.5) is 0 Å². The maximum Gasteiger partial charge on any atom is 0.107 e. The number of aliphatic hydroxyl groups is 1. The van der Waals surface area contributed by atoms with E-state index in [4.69, 9.17) is 9.72 Å². The van der Waals surface area contributed by atoms with E-state index in [2.05, 4.69) is 22.4 Å². The molecule has 1 fully saturated rings. The average Bonchev–Trinajstić information content (AvgIpc) is 3.08. The molecule has 4 nitrogen and oxygen atoms in total. The van der Waals surface area contributed by atoms with Crippen molar-refractivity contribution < 1.29 is 9.84 Å². The molecular weight excluding hydrogens is 284 g/mol. The molecule has 112 valence electrons. The molecule has 0 spiro atoms. The summed E-state index contributed by atoms with van der Waals surface area (Å²) in [7, 11) is 0. The zero-order valence-electron chi connectivity index (χ0n) is 12.1. The minimum atomic E-state index is -0.390. The van der Waals surface area contributed by atoms with Crippen LogP contribution in [0.15, 0.2) is 35.7 Å². The van der Waals surface area contributed by atoms with E-state index in [9.17, 15) is 5.11 Å². The first kappa shape index (κ1) is 14.7. The Hall–Kier alpha value is -1.27. The second kappa shape index (κ2) is 6.66. The van der Waals surface area contributed by atoms with Gasteiger partial charge in [-0.3, -0.25) is 4.90 Å². The normalized spacial score (nSPS) is 22.8. The van der Waals surface area contributed by atoms with E-state index in [0.717, 1.165) is 29.4 Å². The van der Waals surface area contributed by atoms with E-state index in [1.54, 1.807) is 11.3 Å². The number of likely N-dealkylation sites (tertiary alicyclic amines) is 1. The molecule has 2 atom stereocenters. The molecule has 2 aromatic rings. The van der Waals surface area contributed by atoms with Gasteiger partial charge in [0.1, 0.15) is 5.01 Å². The highest BCUT2D eigenvalue weighted by molar-refractivity contribution is 7.09. The Labute approximate surface area is 129 Å². The van der Waals surface area contributed by atoms with Crippen molar-refractivity contribution in [3.8, 4) is 11.3 Å². The summed E-state index contributed by atoms with van der Waals surface area (Å²) in [4.78, 5) is 6.90. The van der Waals surface area contributed by atoms with E-state index < -0.39 is 6.10 Å². The average molecular weight is 304 g/mol. The largest absolute Gasteiger partial charge is 0.389 e. The Morgan fingerprint density at radius 2 is 2.14 bits per heavy atom. The number of benzene rings is 1. The molecule has 1 N–H and O–H groups in total. The third-order valence-electron chi connectivity index (χ3n) is 3.67. The van der Waals surface area contributed by atoms with Gasteiger partial charge in [-0.2, -0.15) is 0 Å². The zero-order chi connectivity index (χ0) is 14.7. The summed E-state index contributed by atoms with van der Waals surface area (Å²) in [5.41, 5.74) is 2.17. The number of thiazole rings is 1. The van der Waals surface area contributed by atoms with Crippen molar-refractivity contribution in [2.75, 3.05) is 19.7 Å². The van der Waals surface area contributed by atoms with Gasteiger partial charge in [0.15, 0.2) is 0 Å². The van der Waals surface area contributed by atoms with Crippen molar-refractivity contribution in [2.45, 2.75) is 25.7 Å². The highest BCUT2D eigenvalue weighted by Gasteiger charge is 2.31. The van der Waals surface area contributed by atoms with Crippen LogP contribution in [0.5, 0.6) is 0 Å². The summed E-state index contributed by atoms with van der Waals surface area (Å²) in [6, 6.07) is 10.2. The standard InChI is InChI=1S/C16H20N2O2S/c1-2-20-15-9-18(8-14(15)19)10-16-17-13(11-21-16)12-6-4-3-5-7-12/h3-7,11,14-15,19H,2,8-10H2,1H3/t14-,15-/m0/s1. The van der Waals surface area contributed by atoms with E-state index in [-0.39, 0.29) is 6.10 Å². The van der Waals surface area contributed by atoms with Crippen LogP contribution in [-0.2, 0) is 11.3 Å². The molecule has 1 saturated heterocycles. The predicted octanol–water partition coefficient (Wildman–Crippen LogP) is 2.39. The molecule has 1 aromatic heterocycles. The van der Waals surface area contributed by atoms with Crippen molar-refractivity contribution in [1.82, 2.24) is 9.88 Å². The summed E-state index contributed by atoms with van der Waals surface area (Å²) in [6.45, 7) is 4.81. The fourth-order valence-electron chi connectivity index (χ4n) is 2.66. The van der Waals surface area contributed by atoms with Gasteiger partial charge in [0.2, 0.25) is 0 Å². The molecule has 1 aliphatic heterocycles. The van der Waals surface area contributed by atoms with Crippen LogP contribution in [0.1, 0.15) is 11.9 Å². The van der Waals surface area contributed by atoms with Crippen molar-refractivity contribution >= 4 is 11.3 Å². The van der Waals surface area contributed by atoms with Crippen LogP contribution in [0, 0.1) is 0 Å². The van der Waals surface area contributed by atoms with Crippen molar-refractivity contribution in [1.29, 1.82) is 0 Å². The molecule has 0 saturated carbocycles. The molecule has 5 heteroatoms. The van der Waals surface area contributed by atoms with Crippen molar-refractivity contribution in [3.63, 3.8) is 0 Å². The topological polar surface area (TPSA) is 45.6 Å². The van der Waals surface area contributed by atoms with Gasteiger partial charge in [-0.05, 0) is 6.92 Å². The fourth-order valence-corrected chi connectivity index (χ4v) is 3.50. The predicted molar refractivity (Wildman–Crippen MR) is 84.2 cm³/mol. The Balaban J connectivity index is 1.63. The minimum Gasteiger partial charge on any atom is -0.389 e. The lowest BCUT2D eigenvalue weighted by atomic mass is 10.2. The third kappa shape index (κ3) is 3.49. The number of ether oxygens (including phenoxy) is 1. The SMILES string of the molecule is CCO[C@H]1CN(Cc2nc(-c3ccccc3)cs2)C[C@@H]1O. The highest BCUT2D eigenvalue weighted by atomic mass is 32.1. The Kier molecular flexibility index (Phi) is 4.65. The highest BCUT2D eigenvalue weighted by Crippen LogP contribution is 2.24. The van der Waals surface area contributed by atoms with Crippen LogP contribution < -0.4 is 0 Å². The molecule has 21 heavy (non-hydrogen) atoms. The van der Waals surface area contributed by atoms with E-state index >= 15 is 0 Å². The molecular formula is C16H20N2O2S. The molecule has 1 aliphatic rings. The number of hydrogen-bond donors (Lipinski definition) is 1. The first-order valence-corrected chi connectivity index (χ1v) is 8.16. The molecule has 1 aromatic carbocycles. The van der Waals surface area contributed by atoms with Crippen molar-refractivity contribution in [2.24, 2.45) is 0 Å². The van der Waals surface area contributed by atoms with Gasteiger partial charge >= 0.3 is 0 Å². The quantitative estimate of drug-likeness (QED) is 0.921. The van der Waals surface area contributed by atoms with Crippen molar-refractivity contribution in [3.05, 3.63) is 40.7 Å². The molecule has 0 aliphatic carbocycles. The van der Waals surface area contributed by atoms with Gasteiger partial charge in [-0.1, -0.05) is 30.3 Å². The fraction of sp³-hybridized carbons (Fsp3) is 0.438. The summed E-state index contributed by atoms with van der Waals surface area (Å²) in [5, 5.41) is 13.1. The number of nitrogens with zero attached hydrogens (tertiary/aromatic N) is 2. The van der Waals surface area contributed by atoms with Gasteiger partial charge < -0.3 is 9.84 Å². The van der Waals surface area contributed by atoms with Gasteiger partial charge in [-0.25, -0.2) is 4.98 Å². The second-order valence-electron chi connectivity index (χ2n) is 5.25. The van der Waals surface area contributed by atoms with Gasteiger partial charge in [0, 0.05) is 30.6 Å². The Morgan fingerprint density at radius 1 is 1.33 bits per heavy atom. The van der Waals surface area contributed by atoms with Crippen LogP contribution in [0.25, 0.3) is 11.3 Å². The molecule has 0 unspecified atom stereocenters. The molecule has 0 bridgehead atoms. The third-order valence-corrected chi connectivity index (χ3v) is 4.51. The van der Waals surface area contributed by atoms with E-state index in [1.807, 2.05) is 25.1 Å². The number of aliphatic hydroxyl groups excluding tert-OH is 1. The minimum absolute atomic E-state index is 0.0662. The Morgan fingerprint density at radius 3 is 2.90 bits per heavy atom. The summed E-state index contributed by atoms with van der Waals surface area (Å²) < 4.78 is 5.55. The maximum absolute atomic E-state index is 9.97. The Bertz CT molecular complexity index is 573. The van der Waals surface area contributed by atoms with E-state index in [0.29, 0.717) is 13.2 Å². The molecule has 0 amide bonds. The van der Waals surface area contributed by atoms with Crippen LogP contribution >= 0.6 is 11.3 Å². The summed E-state index contributed by atoms with van der Waals surface area (Å²) in [6.07, 6.45) is -0.456. The zero-order valence-corrected chi connectivity index (χ0v) is 12.9. The van der Waals surface area contributed by atoms with E-state index in [1.165, 1.54) is 0 Å². The number of hydrogen-bond acceptors (Lipinski definition) is 5. The van der Waals surface area contributed by atoms with Crippen LogP contribution in [0.3, 0.4) is 0 Å². The number of rotatable bonds is 5. The summed E-state index contributed by atoms with van der Waals surface area (Å²) in [5.74, 6) is 0. The second-order valence-corrected chi connectivity index (χ2v) is 6.19. The first-order valence-electron chi connectivity index (χ1n) is 7.28. The number of β-amino-alcohol motifs (C(OH)–C–C–N with tert-alkyl or cyclic N) is 1. The maximum atomic E-state index is 9.97. The van der Waals surface area contributed by atoms with Gasteiger partial charge in [-0.15, -0.1) is 11.3 Å². The lowest BCUT2D eigenvalue weighted by Crippen LogP contribution is -2.26. The number of aromatic nitrogens is 1. The lowest BCUT2D eigenvalue weighted by molar-refractivity contribution is -0.00245. The smallest absolute Gasteiger partial charge is 0.107 e. The van der Waals surface area contributed by atoms with Gasteiger partial charge in [0.25, 0.3) is 0 Å². The van der Waals surface area contributed by atoms with Crippen LogP contribution in [-0.4, -0.2) is 46.9 Å². The summed E-state index contributed by atoms with van der Waals surface area (Å²) >= 11 is 1.67. The molecule has 0 radical (unpaired) electrons. The first-order chi connectivity index (χ1) is 10.3. The van der Waals surface area contributed by atoms with Gasteiger partial charge in [0.05, 0.1) is 24.4 Å². The lowest BCUT2D eigenvalue weighted by Gasteiger charge is -2.13. The molecule has 3 rings (SSSR count). The molecule has 2 heterocycles. The van der Waals surface area contributed by atoms with Crippen LogP contribution in [0.2, 0.25) is 0 Å².